The molecule has 0 heterocycles. The Morgan fingerprint density at radius 1 is 0.594 bits per heavy atom. The molecule has 1 saturated carbocycles. The number of hydrogen-bond acceptors (Lipinski definition) is 3. The molecule has 0 bridgehead atoms. The lowest BCUT2D eigenvalue weighted by molar-refractivity contribution is -0.412. The molecule has 1 fully saturated rings. The Morgan fingerprint density at radius 3 is 0.969 bits per heavy atom. The van der Waals surface area contributed by atoms with Crippen LogP contribution < -0.4 is 0 Å². The summed E-state index contributed by atoms with van der Waals surface area (Å²) < 4.78 is 192. The lowest BCUT2D eigenvalue weighted by Crippen LogP contribution is -2.87. The molecule has 3 nitrogen and oxygen atoms in total. The van der Waals surface area contributed by atoms with Crippen LogP contribution in [0.3, 0.4) is 0 Å². The van der Waals surface area contributed by atoms with Gasteiger partial charge in [0, 0.05) is 0 Å². The first-order valence-electron chi connectivity index (χ1n) is 7.49. The van der Waals surface area contributed by atoms with Gasteiger partial charge in [0.1, 0.15) is 25.4 Å². The van der Waals surface area contributed by atoms with Crippen molar-refractivity contribution in [3.8, 4) is 0 Å². The minimum Gasteiger partial charge on any atom is -0.260 e. The maximum absolute atomic E-state index is 13.6. The Balaban J connectivity index is 0.000000809. The van der Waals surface area contributed by atoms with E-state index in [1.807, 2.05) is 0 Å². The van der Waals surface area contributed by atoms with Crippen molar-refractivity contribution in [2.24, 2.45) is 5.41 Å². The van der Waals surface area contributed by atoms with E-state index in [0.29, 0.717) is 0 Å². The minimum atomic E-state index is -7.27. The molecule has 32 heavy (non-hydrogen) atoms. The third kappa shape index (κ3) is 3.26. The van der Waals surface area contributed by atoms with Crippen LogP contribution in [0.1, 0.15) is 6.92 Å². The first-order chi connectivity index (χ1) is 14.0. The van der Waals surface area contributed by atoms with Crippen LogP contribution >= 0.6 is 0 Å². The molecule has 0 saturated heterocycles. The second kappa shape index (κ2) is 8.39. The normalized spacial score (nSPS) is 33.0. The van der Waals surface area contributed by atoms with E-state index in [-0.39, 0.29) is 0 Å². The van der Waals surface area contributed by atoms with E-state index in [1.165, 1.54) is 0 Å². The second-order valence-corrected chi connectivity index (χ2v) is 6.55. The molecular formula is C14H9F15O3. The maximum atomic E-state index is 13.6. The molecule has 0 amide bonds. The molecule has 0 aliphatic heterocycles. The molecule has 1 aliphatic rings. The van der Waals surface area contributed by atoms with Crippen LogP contribution in [0.25, 0.3) is 0 Å². The van der Waals surface area contributed by atoms with Crippen LogP contribution in [0, 0.1) is 5.41 Å². The summed E-state index contributed by atoms with van der Waals surface area (Å²) in [5, 5.41) is 0. The standard InChI is InChI=1S/C9H3F11O2.C5H6F4O/c1-4(12)7(15,16)5(13,2(10)21)9(19,20)6(14,3(11)22)8(4,17)18;6-1-5(2-7,3-8)4(9)10/h1H3;1-3H2. The zero-order valence-electron chi connectivity index (χ0n) is 15.0. The average molecular weight is 510 g/mol. The largest absolute Gasteiger partial charge is 0.351 e. The van der Waals surface area contributed by atoms with Crippen molar-refractivity contribution in [2.75, 3.05) is 20.0 Å². The fraction of sp³-hybridized carbons (Fsp3) is 0.786. The maximum Gasteiger partial charge on any atom is 0.351 e. The lowest BCUT2D eigenvalue weighted by Gasteiger charge is -2.54. The van der Waals surface area contributed by atoms with Crippen molar-refractivity contribution in [1.29, 1.82) is 0 Å². The van der Waals surface area contributed by atoms with Crippen LogP contribution in [0.15, 0.2) is 0 Å². The van der Waals surface area contributed by atoms with E-state index in [0.717, 1.165) is 0 Å². The Labute approximate surface area is 166 Å². The van der Waals surface area contributed by atoms with E-state index in [4.69, 9.17) is 0 Å². The number of rotatable bonds is 6. The smallest absolute Gasteiger partial charge is 0.260 e. The van der Waals surface area contributed by atoms with E-state index in [1.54, 1.807) is 0 Å². The summed E-state index contributed by atoms with van der Waals surface area (Å²) in [6.07, 6.45) is 0. The number of alkyl halides is 12. The summed E-state index contributed by atoms with van der Waals surface area (Å²) >= 11 is 0. The predicted octanol–water partition coefficient (Wildman–Crippen LogP) is 4.42. The summed E-state index contributed by atoms with van der Waals surface area (Å²) in [4.78, 5) is 30.1. The van der Waals surface area contributed by atoms with Crippen LogP contribution in [0.5, 0.6) is 0 Å². The summed E-state index contributed by atoms with van der Waals surface area (Å²) in [6, 6.07) is -11.2. The van der Waals surface area contributed by atoms with Gasteiger partial charge in [0.15, 0.2) is 0 Å². The SMILES string of the molecule is CC1(F)C(F)(F)C(F)(C(=O)F)C(F)(F)C(F)(C(=O)F)C1(F)F.O=C(F)C(CF)(CF)CF. The minimum absolute atomic E-state index is 1.09. The third-order valence-corrected chi connectivity index (χ3v) is 4.64. The molecule has 1 rings (SSSR count). The molecule has 0 N–H and O–H groups in total. The molecule has 0 spiro atoms. The Morgan fingerprint density at radius 2 is 0.844 bits per heavy atom. The molecule has 0 radical (unpaired) electrons. The number of hydrogen-bond donors (Lipinski definition) is 0. The van der Waals surface area contributed by atoms with Crippen LogP contribution in [0.4, 0.5) is 65.9 Å². The summed E-state index contributed by atoms with van der Waals surface area (Å²) in [6.45, 7) is -6.02. The lowest BCUT2D eigenvalue weighted by atomic mass is 9.62. The molecule has 18 heteroatoms. The molecule has 0 aromatic carbocycles. The number of carbonyl (C=O) groups excluding carboxylic acids is 3. The first-order valence-corrected chi connectivity index (χ1v) is 7.49. The summed E-state index contributed by atoms with van der Waals surface area (Å²) in [5.74, 6) is -21.0. The quantitative estimate of drug-likeness (QED) is 0.393. The fourth-order valence-corrected chi connectivity index (χ4v) is 2.23. The van der Waals surface area contributed by atoms with Crippen LogP contribution in [-0.4, -0.2) is 72.9 Å². The highest BCUT2D eigenvalue weighted by molar-refractivity contribution is 5.89. The van der Waals surface area contributed by atoms with Gasteiger partial charge in [-0.3, -0.25) is 14.4 Å². The highest BCUT2D eigenvalue weighted by Gasteiger charge is 3.01. The average Bonchev–Trinajstić information content (AvgIpc) is 2.66. The zero-order valence-corrected chi connectivity index (χ0v) is 15.0. The van der Waals surface area contributed by atoms with E-state index in [9.17, 15) is 80.2 Å². The molecule has 0 aromatic heterocycles. The first kappa shape index (κ1) is 30.0. The van der Waals surface area contributed by atoms with Gasteiger partial charge in [-0.25, -0.2) is 26.3 Å². The Hall–Kier alpha value is -2.04. The van der Waals surface area contributed by atoms with Gasteiger partial charge < -0.3 is 0 Å². The monoisotopic (exact) mass is 510 g/mol. The molecule has 0 aromatic rings. The van der Waals surface area contributed by atoms with Gasteiger partial charge in [0.2, 0.25) is 5.67 Å². The van der Waals surface area contributed by atoms with Gasteiger partial charge in [-0.2, -0.15) is 39.5 Å². The second-order valence-electron chi connectivity index (χ2n) is 6.55. The molecule has 2 atom stereocenters. The zero-order chi connectivity index (χ0) is 26.4. The van der Waals surface area contributed by atoms with Crippen molar-refractivity contribution in [2.45, 2.75) is 41.7 Å². The molecule has 188 valence electrons. The summed E-state index contributed by atoms with van der Waals surface area (Å²) in [5.41, 5.74) is -22.5. The topological polar surface area (TPSA) is 51.2 Å². The van der Waals surface area contributed by atoms with E-state index >= 15 is 0 Å². The summed E-state index contributed by atoms with van der Waals surface area (Å²) in [7, 11) is 0. The predicted molar refractivity (Wildman–Crippen MR) is 70.7 cm³/mol. The fourth-order valence-electron chi connectivity index (χ4n) is 2.23. The van der Waals surface area contributed by atoms with Gasteiger partial charge in [-0.1, -0.05) is 0 Å². The molecular weight excluding hydrogens is 501 g/mol. The number of halogens is 15. The highest BCUT2D eigenvalue weighted by Crippen LogP contribution is 2.68. The van der Waals surface area contributed by atoms with Gasteiger partial charge in [0.25, 0.3) is 0 Å². The van der Waals surface area contributed by atoms with Gasteiger partial charge in [-0.05, 0) is 6.92 Å². The van der Waals surface area contributed by atoms with Crippen molar-refractivity contribution in [3.05, 3.63) is 0 Å². The van der Waals surface area contributed by atoms with E-state index in [2.05, 4.69) is 0 Å². The number of carbonyl (C=O) groups is 3. The van der Waals surface area contributed by atoms with Crippen molar-refractivity contribution in [3.63, 3.8) is 0 Å². The highest BCUT2D eigenvalue weighted by atomic mass is 19.3. The van der Waals surface area contributed by atoms with Gasteiger partial charge >= 0.3 is 47.2 Å². The van der Waals surface area contributed by atoms with E-state index < -0.39 is 85.2 Å². The Kier molecular flexibility index (Phi) is 7.85. The third-order valence-electron chi connectivity index (χ3n) is 4.64. The van der Waals surface area contributed by atoms with Gasteiger partial charge in [0.05, 0.1) is 0 Å². The molecule has 1 aliphatic carbocycles. The van der Waals surface area contributed by atoms with Gasteiger partial charge in [-0.15, -0.1) is 0 Å². The van der Waals surface area contributed by atoms with Crippen molar-refractivity contribution >= 4 is 18.1 Å². The van der Waals surface area contributed by atoms with Crippen LogP contribution in [0.2, 0.25) is 0 Å². The molecule has 2 unspecified atom stereocenters. The van der Waals surface area contributed by atoms with Crippen molar-refractivity contribution in [1.82, 2.24) is 0 Å². The Bertz CT molecular complexity index is 710. The van der Waals surface area contributed by atoms with Crippen molar-refractivity contribution < 1.29 is 80.2 Å². The van der Waals surface area contributed by atoms with Crippen LogP contribution in [-0.2, 0) is 14.4 Å².